The van der Waals surface area contributed by atoms with Crippen molar-refractivity contribution in [3.8, 4) is 0 Å². The Labute approximate surface area is 116 Å². The number of unbranched alkanes of at least 4 members (excludes halogenated alkanes) is 1. The van der Waals surface area contributed by atoms with E-state index in [1.807, 2.05) is 20.8 Å². The third kappa shape index (κ3) is 2.35. The van der Waals surface area contributed by atoms with Gasteiger partial charge < -0.3 is 0 Å². The van der Waals surface area contributed by atoms with Crippen molar-refractivity contribution in [1.29, 1.82) is 0 Å². The van der Waals surface area contributed by atoms with Crippen molar-refractivity contribution in [1.82, 2.24) is 0 Å². The van der Waals surface area contributed by atoms with Gasteiger partial charge in [0.15, 0.2) is 0 Å². The van der Waals surface area contributed by atoms with Crippen LogP contribution in [0.5, 0.6) is 0 Å². The van der Waals surface area contributed by atoms with Gasteiger partial charge in [-0.2, -0.15) is 8.42 Å². The van der Waals surface area contributed by atoms with Crippen molar-refractivity contribution in [2.24, 2.45) is 16.7 Å². The van der Waals surface area contributed by atoms with Crippen LogP contribution in [-0.4, -0.2) is 26.6 Å². The number of hydrogen-bond acceptors (Lipinski definition) is 4. The molecule has 0 N–H and O–H groups in total. The molecule has 5 heteroatoms. The van der Waals surface area contributed by atoms with E-state index in [0.717, 1.165) is 19.3 Å². The summed E-state index contributed by atoms with van der Waals surface area (Å²) in [6, 6.07) is 0. The zero-order chi connectivity index (χ0) is 14.3. The quantitative estimate of drug-likeness (QED) is 0.556. The maximum atomic E-state index is 12.3. The van der Waals surface area contributed by atoms with E-state index in [9.17, 15) is 13.2 Å². The summed E-state index contributed by atoms with van der Waals surface area (Å²) in [5, 5.41) is 0. The van der Waals surface area contributed by atoms with E-state index < -0.39 is 15.5 Å². The summed E-state index contributed by atoms with van der Waals surface area (Å²) in [6.45, 7) is 6.29. The Morgan fingerprint density at radius 2 is 2.05 bits per heavy atom. The molecule has 2 aliphatic rings. The van der Waals surface area contributed by atoms with Crippen LogP contribution in [0.2, 0.25) is 0 Å². The highest BCUT2D eigenvalue weighted by molar-refractivity contribution is 7.86. The fraction of sp³-hybridized carbons (Fsp3) is 0.929. The van der Waals surface area contributed by atoms with E-state index in [0.29, 0.717) is 18.8 Å². The fourth-order valence-electron chi connectivity index (χ4n) is 3.78. The molecule has 2 aliphatic carbocycles. The first-order chi connectivity index (χ1) is 8.75. The number of carbonyl (C=O) groups is 1. The van der Waals surface area contributed by atoms with Crippen LogP contribution in [0.3, 0.4) is 0 Å². The Balaban J connectivity index is 2.15. The molecule has 0 aromatic heterocycles. The van der Waals surface area contributed by atoms with Crippen LogP contribution in [0.25, 0.3) is 0 Å². The summed E-state index contributed by atoms with van der Waals surface area (Å²) in [5.74, 6) is 0.328. The molecule has 0 aliphatic heterocycles. The van der Waals surface area contributed by atoms with Crippen LogP contribution in [-0.2, 0) is 19.1 Å². The molecule has 4 nitrogen and oxygen atoms in total. The van der Waals surface area contributed by atoms with Crippen molar-refractivity contribution in [3.05, 3.63) is 0 Å². The molecule has 0 amide bonds. The molecule has 2 unspecified atom stereocenters. The van der Waals surface area contributed by atoms with E-state index in [-0.39, 0.29) is 23.6 Å². The molecule has 0 heterocycles. The van der Waals surface area contributed by atoms with E-state index >= 15 is 0 Å². The molecular formula is C14H24O4S. The lowest BCUT2D eigenvalue weighted by atomic mass is 9.70. The Kier molecular flexibility index (Phi) is 3.82. The number of carbonyl (C=O) groups excluding carboxylic acids is 1. The van der Waals surface area contributed by atoms with E-state index in [1.54, 1.807) is 0 Å². The maximum Gasteiger partial charge on any atom is 0.268 e. The van der Waals surface area contributed by atoms with Crippen molar-refractivity contribution in [3.63, 3.8) is 0 Å². The van der Waals surface area contributed by atoms with Crippen LogP contribution in [0.15, 0.2) is 0 Å². The molecule has 2 rings (SSSR count). The monoisotopic (exact) mass is 288 g/mol. The lowest BCUT2D eigenvalue weighted by Crippen LogP contribution is -2.42. The molecular weight excluding hydrogens is 264 g/mol. The summed E-state index contributed by atoms with van der Waals surface area (Å²) in [6.07, 6.45) is 3.82. The first-order valence-electron chi connectivity index (χ1n) is 7.15. The minimum atomic E-state index is -3.61. The maximum absolute atomic E-state index is 12.3. The third-order valence-corrected chi connectivity index (χ3v) is 6.70. The van der Waals surface area contributed by atoms with Gasteiger partial charge in [-0.25, -0.2) is 0 Å². The van der Waals surface area contributed by atoms with Crippen molar-refractivity contribution in [2.75, 3.05) is 12.4 Å². The third-order valence-electron chi connectivity index (χ3n) is 5.32. The van der Waals surface area contributed by atoms with Gasteiger partial charge in [-0.1, -0.05) is 27.2 Å². The average Bonchev–Trinajstić information content (AvgIpc) is 2.62. The van der Waals surface area contributed by atoms with Crippen LogP contribution >= 0.6 is 0 Å². The molecule has 2 bridgehead atoms. The Bertz CT molecular complexity index is 466. The Morgan fingerprint density at radius 1 is 1.37 bits per heavy atom. The van der Waals surface area contributed by atoms with Gasteiger partial charge in [0, 0.05) is 6.42 Å². The number of hydrogen-bond donors (Lipinski definition) is 0. The SMILES string of the molecule is CCCCOS(=O)(=O)CC12CCC(CC1=O)C2(C)C. The second kappa shape index (κ2) is 4.85. The summed E-state index contributed by atoms with van der Waals surface area (Å²) < 4.78 is 29.2. The van der Waals surface area contributed by atoms with Gasteiger partial charge in [-0.15, -0.1) is 0 Å². The van der Waals surface area contributed by atoms with E-state index in [1.165, 1.54) is 0 Å². The Hall–Kier alpha value is -0.420. The highest BCUT2D eigenvalue weighted by atomic mass is 32.2. The van der Waals surface area contributed by atoms with Gasteiger partial charge in [-0.05, 0) is 30.6 Å². The van der Waals surface area contributed by atoms with E-state index in [2.05, 4.69) is 0 Å². The molecule has 0 aromatic carbocycles. The number of fused-ring (bicyclic) bond motifs is 2. The van der Waals surface area contributed by atoms with Crippen molar-refractivity contribution in [2.45, 2.75) is 52.9 Å². The average molecular weight is 288 g/mol. The molecule has 0 spiro atoms. The van der Waals surface area contributed by atoms with Gasteiger partial charge in [-0.3, -0.25) is 8.98 Å². The molecule has 19 heavy (non-hydrogen) atoms. The number of rotatable bonds is 6. The van der Waals surface area contributed by atoms with Crippen LogP contribution in [0, 0.1) is 16.7 Å². The first kappa shape index (κ1) is 15.0. The lowest BCUT2D eigenvalue weighted by Gasteiger charge is -2.35. The number of Topliss-reactive ketones (excluding diaryl/α,β-unsaturated/α-hetero) is 1. The minimum absolute atomic E-state index is 0.122. The molecule has 2 fully saturated rings. The normalized spacial score (nSPS) is 33.0. The van der Waals surface area contributed by atoms with Crippen LogP contribution in [0.4, 0.5) is 0 Å². The Morgan fingerprint density at radius 3 is 2.53 bits per heavy atom. The minimum Gasteiger partial charge on any atom is -0.299 e. The summed E-state index contributed by atoms with van der Waals surface area (Å²) in [5.41, 5.74) is -0.923. The van der Waals surface area contributed by atoms with Crippen molar-refractivity contribution < 1.29 is 17.4 Å². The summed E-state index contributed by atoms with van der Waals surface area (Å²) >= 11 is 0. The van der Waals surface area contributed by atoms with Gasteiger partial charge >= 0.3 is 0 Å². The smallest absolute Gasteiger partial charge is 0.268 e. The number of ketones is 1. The zero-order valence-corrected chi connectivity index (χ0v) is 12.9. The summed E-state index contributed by atoms with van der Waals surface area (Å²) in [7, 11) is -3.61. The van der Waals surface area contributed by atoms with Crippen LogP contribution in [0.1, 0.15) is 52.9 Å². The standard InChI is InChI=1S/C14H24O4S/c1-4-5-8-18-19(16,17)10-14-7-6-11(9-12(14)15)13(14,2)3/h11H,4-10H2,1-3H3. The van der Waals surface area contributed by atoms with Gasteiger partial charge in [0.1, 0.15) is 5.78 Å². The van der Waals surface area contributed by atoms with Gasteiger partial charge in [0.2, 0.25) is 0 Å². The molecule has 110 valence electrons. The highest BCUT2D eigenvalue weighted by Crippen LogP contribution is 2.64. The molecule has 0 saturated heterocycles. The van der Waals surface area contributed by atoms with Gasteiger partial charge in [0.05, 0.1) is 17.8 Å². The first-order valence-corrected chi connectivity index (χ1v) is 8.73. The van der Waals surface area contributed by atoms with Crippen molar-refractivity contribution >= 4 is 15.9 Å². The van der Waals surface area contributed by atoms with Gasteiger partial charge in [0.25, 0.3) is 10.1 Å². The second-order valence-electron chi connectivity index (χ2n) is 6.54. The lowest BCUT2D eigenvalue weighted by molar-refractivity contribution is -0.128. The topological polar surface area (TPSA) is 60.4 Å². The highest BCUT2D eigenvalue weighted by Gasteiger charge is 2.65. The van der Waals surface area contributed by atoms with Crippen LogP contribution < -0.4 is 0 Å². The summed E-state index contributed by atoms with van der Waals surface area (Å²) in [4.78, 5) is 12.3. The molecule has 0 aromatic rings. The largest absolute Gasteiger partial charge is 0.299 e. The fourth-order valence-corrected chi connectivity index (χ4v) is 5.52. The molecule has 2 atom stereocenters. The predicted octanol–water partition coefficient (Wildman–Crippen LogP) is 2.53. The molecule has 0 radical (unpaired) electrons. The van der Waals surface area contributed by atoms with E-state index in [4.69, 9.17) is 4.18 Å². The zero-order valence-electron chi connectivity index (χ0n) is 12.1. The molecule has 2 saturated carbocycles. The predicted molar refractivity (Wildman–Crippen MR) is 73.2 cm³/mol. The second-order valence-corrected chi connectivity index (χ2v) is 8.18.